The SMILES string of the molecule is COCCCOCCOc1nc(F)c(F)cc1F. The number of pyridine rings is 1. The van der Waals surface area contributed by atoms with Crippen molar-refractivity contribution >= 4 is 0 Å². The van der Waals surface area contributed by atoms with Gasteiger partial charge in [-0.1, -0.05) is 0 Å². The Labute approximate surface area is 103 Å². The van der Waals surface area contributed by atoms with E-state index in [1.165, 1.54) is 0 Å². The first-order chi connectivity index (χ1) is 8.65. The van der Waals surface area contributed by atoms with Gasteiger partial charge in [0.15, 0.2) is 11.6 Å². The first-order valence-corrected chi connectivity index (χ1v) is 5.36. The van der Waals surface area contributed by atoms with Crippen molar-refractivity contribution < 1.29 is 27.4 Å². The topological polar surface area (TPSA) is 40.6 Å². The Morgan fingerprint density at radius 2 is 1.83 bits per heavy atom. The molecular formula is C11H14F3NO3. The lowest BCUT2D eigenvalue weighted by Gasteiger charge is -2.07. The zero-order valence-electron chi connectivity index (χ0n) is 9.92. The zero-order chi connectivity index (χ0) is 13.4. The second-order valence-electron chi connectivity index (χ2n) is 3.36. The van der Waals surface area contributed by atoms with Gasteiger partial charge in [0.1, 0.15) is 6.61 Å². The molecule has 0 aromatic carbocycles. The third kappa shape index (κ3) is 4.89. The van der Waals surface area contributed by atoms with Crippen molar-refractivity contribution in [1.82, 2.24) is 4.98 Å². The molecule has 7 heteroatoms. The molecule has 0 saturated carbocycles. The van der Waals surface area contributed by atoms with Crippen molar-refractivity contribution in [3.05, 3.63) is 23.6 Å². The minimum absolute atomic E-state index is 0.00196. The van der Waals surface area contributed by atoms with Crippen molar-refractivity contribution in [3.8, 4) is 5.88 Å². The average molecular weight is 265 g/mol. The molecule has 0 fully saturated rings. The largest absolute Gasteiger partial charge is 0.473 e. The minimum Gasteiger partial charge on any atom is -0.473 e. The van der Waals surface area contributed by atoms with Gasteiger partial charge >= 0.3 is 0 Å². The highest BCUT2D eigenvalue weighted by atomic mass is 19.2. The van der Waals surface area contributed by atoms with Gasteiger partial charge in [-0.25, -0.2) is 8.78 Å². The third-order valence-corrected chi connectivity index (χ3v) is 1.96. The third-order valence-electron chi connectivity index (χ3n) is 1.96. The van der Waals surface area contributed by atoms with Gasteiger partial charge in [0.25, 0.3) is 11.8 Å². The molecule has 1 heterocycles. The van der Waals surface area contributed by atoms with Gasteiger partial charge in [-0.3, -0.25) is 0 Å². The summed E-state index contributed by atoms with van der Waals surface area (Å²) in [6.45, 7) is 1.26. The molecule has 0 spiro atoms. The van der Waals surface area contributed by atoms with Crippen LogP contribution in [0.3, 0.4) is 0 Å². The monoisotopic (exact) mass is 265 g/mol. The number of hydrogen-bond donors (Lipinski definition) is 0. The number of ether oxygens (including phenoxy) is 3. The van der Waals surface area contributed by atoms with Crippen molar-refractivity contribution in [2.75, 3.05) is 33.5 Å². The molecule has 0 bridgehead atoms. The van der Waals surface area contributed by atoms with E-state index in [0.717, 1.165) is 6.42 Å². The van der Waals surface area contributed by atoms with Crippen LogP contribution in [0.5, 0.6) is 5.88 Å². The van der Waals surface area contributed by atoms with E-state index in [4.69, 9.17) is 14.2 Å². The highest BCUT2D eigenvalue weighted by Gasteiger charge is 2.12. The van der Waals surface area contributed by atoms with Gasteiger partial charge in [0.05, 0.1) is 6.61 Å². The van der Waals surface area contributed by atoms with Crippen molar-refractivity contribution in [3.63, 3.8) is 0 Å². The Bertz CT molecular complexity index is 377. The molecular weight excluding hydrogens is 251 g/mol. The normalized spacial score (nSPS) is 10.7. The van der Waals surface area contributed by atoms with Crippen LogP contribution in [0.15, 0.2) is 6.07 Å². The molecule has 1 aromatic heterocycles. The fraction of sp³-hybridized carbons (Fsp3) is 0.545. The molecule has 0 aliphatic carbocycles. The van der Waals surface area contributed by atoms with Crippen LogP contribution in [0.4, 0.5) is 13.2 Å². The van der Waals surface area contributed by atoms with E-state index < -0.39 is 23.5 Å². The van der Waals surface area contributed by atoms with E-state index in [-0.39, 0.29) is 13.2 Å². The predicted molar refractivity (Wildman–Crippen MR) is 56.9 cm³/mol. The molecule has 0 aliphatic rings. The molecule has 4 nitrogen and oxygen atoms in total. The first-order valence-electron chi connectivity index (χ1n) is 5.36. The maximum Gasteiger partial charge on any atom is 0.253 e. The van der Waals surface area contributed by atoms with Crippen molar-refractivity contribution in [2.24, 2.45) is 0 Å². The fourth-order valence-electron chi connectivity index (χ4n) is 1.13. The minimum atomic E-state index is -1.40. The lowest BCUT2D eigenvalue weighted by atomic mass is 10.4. The van der Waals surface area contributed by atoms with Gasteiger partial charge in [-0.2, -0.15) is 9.37 Å². The Morgan fingerprint density at radius 1 is 1.06 bits per heavy atom. The number of hydrogen-bond acceptors (Lipinski definition) is 4. The maximum absolute atomic E-state index is 13.1. The molecule has 1 rings (SSSR count). The fourth-order valence-corrected chi connectivity index (χ4v) is 1.13. The average Bonchev–Trinajstić information content (AvgIpc) is 2.34. The number of aromatic nitrogens is 1. The van der Waals surface area contributed by atoms with Crippen LogP contribution in [0.25, 0.3) is 0 Å². The van der Waals surface area contributed by atoms with Crippen molar-refractivity contribution in [2.45, 2.75) is 6.42 Å². The summed E-state index contributed by atoms with van der Waals surface area (Å²) < 4.78 is 53.1. The van der Waals surface area contributed by atoms with Crippen molar-refractivity contribution in [1.29, 1.82) is 0 Å². The molecule has 0 amide bonds. The van der Waals surface area contributed by atoms with Gasteiger partial charge in [0, 0.05) is 26.4 Å². The highest BCUT2D eigenvalue weighted by molar-refractivity contribution is 5.14. The Balaban J connectivity index is 2.25. The second-order valence-corrected chi connectivity index (χ2v) is 3.36. The molecule has 0 saturated heterocycles. The van der Waals surface area contributed by atoms with Crippen LogP contribution in [-0.2, 0) is 9.47 Å². The van der Waals surface area contributed by atoms with Crippen LogP contribution in [0.2, 0.25) is 0 Å². The van der Waals surface area contributed by atoms with E-state index in [1.807, 2.05) is 0 Å². The maximum atomic E-state index is 13.1. The van der Waals surface area contributed by atoms with E-state index in [0.29, 0.717) is 19.3 Å². The van der Waals surface area contributed by atoms with E-state index in [2.05, 4.69) is 4.98 Å². The summed E-state index contributed by atoms with van der Waals surface area (Å²) in [6.07, 6.45) is 0.730. The number of methoxy groups -OCH3 is 1. The first kappa shape index (κ1) is 14.7. The molecule has 0 radical (unpaired) electrons. The van der Waals surface area contributed by atoms with Crippen LogP contribution in [-0.4, -0.2) is 38.5 Å². The standard InChI is InChI=1S/C11H14F3NO3/c1-16-3-2-4-17-5-6-18-11-9(13)7-8(12)10(14)15-11/h7H,2-6H2,1H3. The molecule has 0 unspecified atom stereocenters. The zero-order valence-corrected chi connectivity index (χ0v) is 9.92. The van der Waals surface area contributed by atoms with Crippen LogP contribution in [0.1, 0.15) is 6.42 Å². The molecule has 102 valence electrons. The Kier molecular flexibility index (Phi) is 6.45. The second kappa shape index (κ2) is 7.88. The summed E-state index contributed by atoms with van der Waals surface area (Å²) in [7, 11) is 1.58. The summed E-state index contributed by atoms with van der Waals surface area (Å²) in [5.41, 5.74) is 0. The highest BCUT2D eigenvalue weighted by Crippen LogP contribution is 2.16. The summed E-state index contributed by atoms with van der Waals surface area (Å²) >= 11 is 0. The number of halogens is 3. The molecule has 1 aromatic rings. The summed E-state index contributed by atoms with van der Waals surface area (Å²) in [4.78, 5) is 3.01. The summed E-state index contributed by atoms with van der Waals surface area (Å²) in [5.74, 6) is -4.37. The molecule has 0 N–H and O–H groups in total. The van der Waals surface area contributed by atoms with Crippen LogP contribution >= 0.6 is 0 Å². The number of nitrogens with zero attached hydrogens (tertiary/aromatic N) is 1. The Hall–Kier alpha value is -1.34. The Morgan fingerprint density at radius 3 is 2.56 bits per heavy atom. The van der Waals surface area contributed by atoms with Crippen LogP contribution < -0.4 is 4.74 Å². The number of rotatable bonds is 8. The van der Waals surface area contributed by atoms with Gasteiger partial charge in [0.2, 0.25) is 0 Å². The lowest BCUT2D eigenvalue weighted by Crippen LogP contribution is -2.11. The van der Waals surface area contributed by atoms with E-state index >= 15 is 0 Å². The molecule has 0 aliphatic heterocycles. The lowest BCUT2D eigenvalue weighted by molar-refractivity contribution is 0.0781. The smallest absolute Gasteiger partial charge is 0.253 e. The predicted octanol–water partition coefficient (Wildman–Crippen LogP) is 1.93. The van der Waals surface area contributed by atoms with Gasteiger partial charge in [-0.15, -0.1) is 0 Å². The van der Waals surface area contributed by atoms with Gasteiger partial charge in [-0.05, 0) is 6.42 Å². The van der Waals surface area contributed by atoms with E-state index in [9.17, 15) is 13.2 Å². The summed E-state index contributed by atoms with van der Waals surface area (Å²) in [6, 6.07) is 0.386. The molecule has 0 atom stereocenters. The summed E-state index contributed by atoms with van der Waals surface area (Å²) in [5, 5.41) is 0. The van der Waals surface area contributed by atoms with Crippen LogP contribution in [0, 0.1) is 17.6 Å². The quantitative estimate of drug-likeness (QED) is 0.532. The van der Waals surface area contributed by atoms with Gasteiger partial charge < -0.3 is 14.2 Å². The molecule has 18 heavy (non-hydrogen) atoms. The van der Waals surface area contributed by atoms with E-state index in [1.54, 1.807) is 7.11 Å².